The van der Waals surface area contributed by atoms with Gasteiger partial charge < -0.3 is 10.1 Å². The minimum atomic E-state index is 0.182. The van der Waals surface area contributed by atoms with Crippen molar-refractivity contribution in [3.8, 4) is 5.75 Å². The summed E-state index contributed by atoms with van der Waals surface area (Å²) in [6, 6.07) is 6.84. The summed E-state index contributed by atoms with van der Waals surface area (Å²) >= 11 is 0. The first-order valence-electron chi connectivity index (χ1n) is 5.51. The zero-order chi connectivity index (χ0) is 11.1. The van der Waals surface area contributed by atoms with Crippen molar-refractivity contribution in [1.29, 1.82) is 0 Å². The Hall–Kier alpha value is -1.18. The fourth-order valence-corrected chi connectivity index (χ4v) is 1.75. The SMILES string of the molecule is CC1COc2cc(C(C)(C)C)ccc2N1. The van der Waals surface area contributed by atoms with Crippen molar-refractivity contribution in [2.24, 2.45) is 0 Å². The predicted octanol–water partition coefficient (Wildman–Crippen LogP) is 3.18. The first-order valence-corrected chi connectivity index (χ1v) is 5.51. The van der Waals surface area contributed by atoms with E-state index in [1.165, 1.54) is 5.56 Å². The van der Waals surface area contributed by atoms with Gasteiger partial charge in [0.15, 0.2) is 0 Å². The quantitative estimate of drug-likeness (QED) is 0.702. The molecule has 0 saturated heterocycles. The third kappa shape index (κ3) is 2.09. The van der Waals surface area contributed by atoms with Gasteiger partial charge in [0, 0.05) is 0 Å². The molecule has 0 aromatic heterocycles. The van der Waals surface area contributed by atoms with Gasteiger partial charge in [-0.25, -0.2) is 0 Å². The molecule has 2 nitrogen and oxygen atoms in total. The fourth-order valence-electron chi connectivity index (χ4n) is 1.75. The van der Waals surface area contributed by atoms with Crippen LogP contribution in [0.2, 0.25) is 0 Å². The molecule has 0 radical (unpaired) electrons. The Kier molecular flexibility index (Phi) is 2.37. The van der Waals surface area contributed by atoms with Gasteiger partial charge in [-0.2, -0.15) is 0 Å². The van der Waals surface area contributed by atoms with Crippen LogP contribution in [0.3, 0.4) is 0 Å². The summed E-state index contributed by atoms with van der Waals surface area (Å²) in [4.78, 5) is 0. The van der Waals surface area contributed by atoms with Crippen molar-refractivity contribution in [3.05, 3.63) is 23.8 Å². The number of hydrogen-bond donors (Lipinski definition) is 1. The van der Waals surface area contributed by atoms with Gasteiger partial charge in [-0.1, -0.05) is 26.8 Å². The molecule has 1 N–H and O–H groups in total. The molecular formula is C13H19NO. The number of hydrogen-bond acceptors (Lipinski definition) is 2. The summed E-state index contributed by atoms with van der Waals surface area (Å²) < 4.78 is 5.71. The highest BCUT2D eigenvalue weighted by atomic mass is 16.5. The predicted molar refractivity (Wildman–Crippen MR) is 63.7 cm³/mol. The maximum atomic E-state index is 5.71. The minimum absolute atomic E-state index is 0.182. The third-order valence-electron chi connectivity index (χ3n) is 2.74. The van der Waals surface area contributed by atoms with Crippen LogP contribution in [0.15, 0.2) is 18.2 Å². The van der Waals surface area contributed by atoms with Gasteiger partial charge in [0.25, 0.3) is 0 Å². The highest BCUT2D eigenvalue weighted by Gasteiger charge is 2.19. The van der Waals surface area contributed by atoms with Gasteiger partial charge in [0.05, 0.1) is 11.7 Å². The van der Waals surface area contributed by atoms with E-state index in [9.17, 15) is 0 Å². The largest absolute Gasteiger partial charge is 0.489 e. The van der Waals surface area contributed by atoms with Crippen LogP contribution in [0.5, 0.6) is 5.75 Å². The lowest BCUT2D eigenvalue weighted by atomic mass is 9.87. The van der Waals surface area contributed by atoms with E-state index >= 15 is 0 Å². The fraction of sp³-hybridized carbons (Fsp3) is 0.538. The Labute approximate surface area is 91.6 Å². The monoisotopic (exact) mass is 205 g/mol. The van der Waals surface area contributed by atoms with Gasteiger partial charge in [-0.05, 0) is 30.0 Å². The van der Waals surface area contributed by atoms with Crippen molar-refractivity contribution in [2.75, 3.05) is 11.9 Å². The number of nitrogens with one attached hydrogen (secondary N) is 1. The van der Waals surface area contributed by atoms with Gasteiger partial charge in [0.1, 0.15) is 12.4 Å². The second-order valence-electron chi connectivity index (χ2n) is 5.32. The van der Waals surface area contributed by atoms with Crippen LogP contribution in [0.4, 0.5) is 5.69 Å². The maximum Gasteiger partial charge on any atom is 0.142 e. The number of ether oxygens (including phenoxy) is 1. The highest BCUT2D eigenvalue weighted by molar-refractivity contribution is 5.60. The average molecular weight is 205 g/mol. The lowest BCUT2D eigenvalue weighted by molar-refractivity contribution is 0.291. The first-order chi connectivity index (χ1) is 6.97. The third-order valence-corrected chi connectivity index (χ3v) is 2.74. The molecule has 1 aromatic rings. The second kappa shape index (κ2) is 3.44. The van der Waals surface area contributed by atoms with Crippen LogP contribution < -0.4 is 10.1 Å². The molecule has 2 heteroatoms. The molecule has 0 spiro atoms. The standard InChI is InChI=1S/C13H19NO/c1-9-8-15-12-7-10(13(2,3)4)5-6-11(12)14-9/h5-7,9,14H,8H2,1-4H3. The van der Waals surface area contributed by atoms with Crippen LogP contribution in [0, 0.1) is 0 Å². The van der Waals surface area contributed by atoms with E-state index in [1.807, 2.05) is 0 Å². The molecule has 0 bridgehead atoms. The number of rotatable bonds is 0. The number of anilines is 1. The summed E-state index contributed by atoms with van der Waals surface area (Å²) in [6.07, 6.45) is 0. The molecule has 1 aromatic carbocycles. The Balaban J connectivity index is 2.35. The smallest absolute Gasteiger partial charge is 0.142 e. The minimum Gasteiger partial charge on any atom is -0.489 e. The van der Waals surface area contributed by atoms with Crippen LogP contribution in [-0.4, -0.2) is 12.6 Å². The summed E-state index contributed by atoms with van der Waals surface area (Å²) in [5.74, 6) is 0.987. The Bertz CT molecular complexity index is 365. The van der Waals surface area contributed by atoms with Gasteiger partial charge >= 0.3 is 0 Å². The molecule has 2 rings (SSSR count). The average Bonchev–Trinajstić information content (AvgIpc) is 2.15. The highest BCUT2D eigenvalue weighted by Crippen LogP contribution is 2.33. The van der Waals surface area contributed by atoms with Gasteiger partial charge in [-0.3, -0.25) is 0 Å². The summed E-state index contributed by atoms with van der Waals surface area (Å²) in [6.45, 7) is 9.52. The molecule has 15 heavy (non-hydrogen) atoms. The molecule has 1 heterocycles. The van der Waals surface area contributed by atoms with E-state index in [-0.39, 0.29) is 5.41 Å². The second-order valence-corrected chi connectivity index (χ2v) is 5.32. The molecule has 82 valence electrons. The lowest BCUT2D eigenvalue weighted by Crippen LogP contribution is -2.28. The van der Waals surface area contributed by atoms with Crippen LogP contribution >= 0.6 is 0 Å². The van der Waals surface area contributed by atoms with Crippen molar-refractivity contribution >= 4 is 5.69 Å². The van der Waals surface area contributed by atoms with E-state index in [2.05, 4.69) is 51.2 Å². The lowest BCUT2D eigenvalue weighted by Gasteiger charge is -2.27. The Morgan fingerprint density at radius 1 is 1.33 bits per heavy atom. The molecule has 1 aliphatic heterocycles. The zero-order valence-electron chi connectivity index (χ0n) is 9.92. The molecule has 0 aliphatic carbocycles. The summed E-state index contributed by atoms with van der Waals surface area (Å²) in [5, 5.41) is 3.41. The van der Waals surface area contributed by atoms with Crippen molar-refractivity contribution in [2.45, 2.75) is 39.2 Å². The normalized spacial score (nSPS) is 20.1. The van der Waals surface area contributed by atoms with Gasteiger partial charge in [-0.15, -0.1) is 0 Å². The molecule has 1 aliphatic rings. The first kappa shape index (κ1) is 10.3. The van der Waals surface area contributed by atoms with Gasteiger partial charge in [0.2, 0.25) is 0 Å². The van der Waals surface area contributed by atoms with E-state index in [0.717, 1.165) is 18.0 Å². The maximum absolute atomic E-state index is 5.71. The number of fused-ring (bicyclic) bond motifs is 1. The summed E-state index contributed by atoms with van der Waals surface area (Å²) in [5.41, 5.74) is 2.61. The molecular weight excluding hydrogens is 186 g/mol. The zero-order valence-corrected chi connectivity index (χ0v) is 9.92. The Morgan fingerprint density at radius 3 is 2.73 bits per heavy atom. The topological polar surface area (TPSA) is 21.3 Å². The van der Waals surface area contributed by atoms with Crippen molar-refractivity contribution < 1.29 is 4.74 Å². The molecule has 0 fully saturated rings. The van der Waals surface area contributed by atoms with E-state index in [0.29, 0.717) is 6.04 Å². The summed E-state index contributed by atoms with van der Waals surface area (Å²) in [7, 11) is 0. The van der Waals surface area contributed by atoms with E-state index in [4.69, 9.17) is 4.74 Å². The van der Waals surface area contributed by atoms with E-state index in [1.54, 1.807) is 0 Å². The molecule has 1 atom stereocenters. The molecule has 0 amide bonds. The van der Waals surface area contributed by atoms with Crippen LogP contribution in [0.1, 0.15) is 33.3 Å². The van der Waals surface area contributed by atoms with Crippen LogP contribution in [0.25, 0.3) is 0 Å². The van der Waals surface area contributed by atoms with Crippen LogP contribution in [-0.2, 0) is 5.41 Å². The number of benzene rings is 1. The van der Waals surface area contributed by atoms with Crippen molar-refractivity contribution in [1.82, 2.24) is 0 Å². The molecule has 0 saturated carbocycles. The molecule has 1 unspecified atom stereocenters. The Morgan fingerprint density at radius 2 is 2.07 bits per heavy atom. The van der Waals surface area contributed by atoms with Crippen molar-refractivity contribution in [3.63, 3.8) is 0 Å². The van der Waals surface area contributed by atoms with E-state index < -0.39 is 0 Å².